The third-order valence-corrected chi connectivity index (χ3v) is 3.94. The molecule has 0 fully saturated rings. The summed E-state index contributed by atoms with van der Waals surface area (Å²) >= 11 is 6.16. The highest BCUT2D eigenvalue weighted by Gasteiger charge is 2.21. The Bertz CT molecular complexity index is 828. The average molecular weight is 302 g/mol. The summed E-state index contributed by atoms with van der Waals surface area (Å²) in [6, 6.07) is 11.2. The van der Waals surface area contributed by atoms with Gasteiger partial charge in [-0.05, 0) is 46.8 Å². The Hall–Kier alpha value is -2.17. The van der Waals surface area contributed by atoms with Gasteiger partial charge in [0.25, 0.3) is 0 Å². The first kappa shape index (κ1) is 12.6. The number of benzene rings is 2. The van der Waals surface area contributed by atoms with Gasteiger partial charge in [-0.3, -0.25) is 0 Å². The third kappa shape index (κ3) is 2.04. The maximum atomic E-state index is 10.6. The number of H-pyrrole nitrogens is 1. The Balaban J connectivity index is 1.77. The minimum atomic E-state index is -0.767. The fourth-order valence-corrected chi connectivity index (χ4v) is 2.85. The Morgan fingerprint density at radius 1 is 1.10 bits per heavy atom. The molecule has 2 heterocycles. The van der Waals surface area contributed by atoms with Gasteiger partial charge in [0.15, 0.2) is 11.5 Å². The van der Waals surface area contributed by atoms with Gasteiger partial charge < -0.3 is 19.6 Å². The molecule has 3 aromatic rings. The van der Waals surface area contributed by atoms with E-state index < -0.39 is 6.10 Å². The quantitative estimate of drug-likeness (QED) is 0.760. The summed E-state index contributed by atoms with van der Waals surface area (Å²) in [4.78, 5) is 3.13. The number of halogens is 1. The molecule has 1 atom stereocenters. The van der Waals surface area contributed by atoms with E-state index in [1.807, 2.05) is 30.5 Å². The van der Waals surface area contributed by atoms with E-state index in [9.17, 15) is 5.11 Å². The third-order valence-electron chi connectivity index (χ3n) is 3.66. The Labute approximate surface area is 125 Å². The van der Waals surface area contributed by atoms with E-state index in [-0.39, 0.29) is 6.79 Å². The molecule has 1 aliphatic heterocycles. The van der Waals surface area contributed by atoms with E-state index in [0.29, 0.717) is 22.1 Å². The van der Waals surface area contributed by atoms with Gasteiger partial charge in [-0.25, -0.2) is 0 Å². The second-order valence-electron chi connectivity index (χ2n) is 4.96. The topological polar surface area (TPSA) is 54.5 Å². The molecule has 0 radical (unpaired) electrons. The van der Waals surface area contributed by atoms with Crippen molar-refractivity contribution in [3.05, 3.63) is 58.7 Å². The van der Waals surface area contributed by atoms with E-state index in [1.54, 1.807) is 12.1 Å². The normalized spacial score (nSPS) is 14.6. The second-order valence-corrected chi connectivity index (χ2v) is 5.37. The Morgan fingerprint density at radius 3 is 2.90 bits per heavy atom. The molecule has 0 amide bonds. The van der Waals surface area contributed by atoms with Gasteiger partial charge in [-0.2, -0.15) is 0 Å². The Kier molecular flexibility index (Phi) is 2.80. The molecule has 4 rings (SSSR count). The molecule has 1 aromatic heterocycles. The summed E-state index contributed by atoms with van der Waals surface area (Å²) in [7, 11) is 0. The summed E-state index contributed by atoms with van der Waals surface area (Å²) in [5.74, 6) is 1.10. The highest BCUT2D eigenvalue weighted by molar-refractivity contribution is 6.32. The molecule has 0 saturated heterocycles. The number of hydrogen-bond acceptors (Lipinski definition) is 3. The van der Waals surface area contributed by atoms with Crippen molar-refractivity contribution in [3.8, 4) is 11.5 Å². The van der Waals surface area contributed by atoms with Gasteiger partial charge in [0, 0.05) is 11.7 Å². The van der Waals surface area contributed by atoms with E-state index >= 15 is 0 Å². The number of hydrogen-bond donors (Lipinski definition) is 2. The number of aromatic amines is 1. The number of aliphatic hydroxyl groups is 1. The maximum absolute atomic E-state index is 10.6. The van der Waals surface area contributed by atoms with E-state index in [1.165, 1.54) is 0 Å². The zero-order chi connectivity index (χ0) is 14.4. The van der Waals surface area contributed by atoms with Crippen LogP contribution in [0.3, 0.4) is 0 Å². The van der Waals surface area contributed by atoms with Gasteiger partial charge in [0.2, 0.25) is 6.79 Å². The number of nitrogens with one attached hydrogen (secondary N) is 1. The van der Waals surface area contributed by atoms with Crippen LogP contribution >= 0.6 is 11.6 Å². The van der Waals surface area contributed by atoms with Crippen LogP contribution in [0.5, 0.6) is 11.5 Å². The zero-order valence-electron chi connectivity index (χ0n) is 11.0. The molecule has 21 heavy (non-hydrogen) atoms. The number of rotatable bonds is 2. The monoisotopic (exact) mass is 301 g/mol. The first-order valence-electron chi connectivity index (χ1n) is 6.56. The van der Waals surface area contributed by atoms with Gasteiger partial charge in [-0.15, -0.1) is 0 Å². The van der Waals surface area contributed by atoms with Crippen LogP contribution in [0.25, 0.3) is 10.9 Å². The maximum Gasteiger partial charge on any atom is 0.231 e. The Morgan fingerprint density at radius 2 is 2.00 bits per heavy atom. The van der Waals surface area contributed by atoms with Gasteiger partial charge >= 0.3 is 0 Å². The largest absolute Gasteiger partial charge is 0.454 e. The number of aliphatic hydroxyl groups excluding tert-OH is 1. The van der Waals surface area contributed by atoms with Crippen molar-refractivity contribution in [2.75, 3.05) is 6.79 Å². The summed E-state index contributed by atoms with van der Waals surface area (Å²) in [5.41, 5.74) is 2.52. The van der Waals surface area contributed by atoms with E-state index in [0.717, 1.165) is 16.5 Å². The molecule has 2 N–H and O–H groups in total. The first-order chi connectivity index (χ1) is 10.2. The SMILES string of the molecule is OC(c1cc(Cl)c2c(c1)OCO2)c1ccc2[nH]ccc2c1. The predicted molar refractivity (Wildman–Crippen MR) is 79.9 cm³/mol. The standard InChI is InChI=1S/C16H12ClNO3/c17-12-6-11(7-14-16(12)21-8-20-14)15(19)10-1-2-13-9(5-10)3-4-18-13/h1-7,15,18-19H,8H2. The van der Waals surface area contributed by atoms with Crippen molar-refractivity contribution in [2.24, 2.45) is 0 Å². The van der Waals surface area contributed by atoms with Crippen molar-refractivity contribution in [3.63, 3.8) is 0 Å². The van der Waals surface area contributed by atoms with Crippen molar-refractivity contribution < 1.29 is 14.6 Å². The number of ether oxygens (including phenoxy) is 2. The van der Waals surface area contributed by atoms with Gasteiger partial charge in [-0.1, -0.05) is 17.7 Å². The van der Waals surface area contributed by atoms with Crippen LogP contribution in [0.2, 0.25) is 5.02 Å². The lowest BCUT2D eigenvalue weighted by molar-refractivity contribution is 0.173. The van der Waals surface area contributed by atoms with Crippen molar-refractivity contribution in [2.45, 2.75) is 6.10 Å². The van der Waals surface area contributed by atoms with Crippen molar-refractivity contribution in [1.29, 1.82) is 0 Å². The minimum Gasteiger partial charge on any atom is -0.454 e. The predicted octanol–water partition coefficient (Wildman–Crippen LogP) is 3.63. The fraction of sp³-hybridized carbons (Fsp3) is 0.125. The lowest BCUT2D eigenvalue weighted by Crippen LogP contribution is -1.99. The van der Waals surface area contributed by atoms with Gasteiger partial charge in [0.05, 0.1) is 5.02 Å². The van der Waals surface area contributed by atoms with Gasteiger partial charge in [0.1, 0.15) is 6.10 Å². The van der Waals surface area contributed by atoms with Crippen LogP contribution in [0.15, 0.2) is 42.6 Å². The smallest absolute Gasteiger partial charge is 0.231 e. The molecule has 1 aliphatic rings. The lowest BCUT2D eigenvalue weighted by atomic mass is 10.00. The highest BCUT2D eigenvalue weighted by Crippen LogP contribution is 2.42. The fourth-order valence-electron chi connectivity index (χ4n) is 2.58. The molecule has 0 saturated carbocycles. The average Bonchev–Trinajstić information content (AvgIpc) is 3.14. The van der Waals surface area contributed by atoms with Crippen LogP contribution in [-0.2, 0) is 0 Å². The molecule has 106 valence electrons. The summed E-state index contributed by atoms with van der Waals surface area (Å²) in [6.07, 6.45) is 1.11. The van der Waals surface area contributed by atoms with Crippen LogP contribution < -0.4 is 9.47 Å². The van der Waals surface area contributed by atoms with E-state index in [4.69, 9.17) is 21.1 Å². The minimum absolute atomic E-state index is 0.157. The van der Waals surface area contributed by atoms with Crippen LogP contribution in [0.4, 0.5) is 0 Å². The molecule has 0 bridgehead atoms. The van der Waals surface area contributed by atoms with Crippen molar-refractivity contribution in [1.82, 2.24) is 4.98 Å². The number of aromatic nitrogens is 1. The molecular formula is C16H12ClNO3. The van der Waals surface area contributed by atoms with E-state index in [2.05, 4.69) is 4.98 Å². The van der Waals surface area contributed by atoms with Crippen LogP contribution in [0, 0.1) is 0 Å². The summed E-state index contributed by atoms with van der Waals surface area (Å²) < 4.78 is 10.6. The molecule has 5 heteroatoms. The first-order valence-corrected chi connectivity index (χ1v) is 6.94. The number of fused-ring (bicyclic) bond motifs is 2. The highest BCUT2D eigenvalue weighted by atomic mass is 35.5. The molecule has 2 aromatic carbocycles. The molecule has 0 spiro atoms. The summed E-state index contributed by atoms with van der Waals surface area (Å²) in [6.45, 7) is 0.157. The zero-order valence-corrected chi connectivity index (χ0v) is 11.7. The van der Waals surface area contributed by atoms with Crippen LogP contribution in [0.1, 0.15) is 17.2 Å². The molecule has 1 unspecified atom stereocenters. The molecule has 0 aliphatic carbocycles. The van der Waals surface area contributed by atoms with Crippen LogP contribution in [-0.4, -0.2) is 16.9 Å². The summed E-state index contributed by atoms with van der Waals surface area (Å²) in [5, 5.41) is 12.1. The molecule has 4 nitrogen and oxygen atoms in total. The molecular weight excluding hydrogens is 290 g/mol. The van der Waals surface area contributed by atoms with Crippen molar-refractivity contribution >= 4 is 22.5 Å². The lowest BCUT2D eigenvalue weighted by Gasteiger charge is -2.13. The second kappa shape index (κ2) is 4.69.